The maximum absolute atomic E-state index is 12.6. The molecule has 1 unspecified atom stereocenters. The van der Waals surface area contributed by atoms with Gasteiger partial charge in [0.1, 0.15) is 23.2 Å². The standard InChI is InChI=1S/C28H26N2O6/c1-17-25(29-28(33)35-18(2)20-7-5-4-6-8-20)26(36-30-17)23-11-9-21(10-12-23)22-13-15-24(16-14-22)34-19(3)27(31)32/h4-16,18-19H,1-3H3,(H,29,33)(H,31,32)/t18-,19?/m1/s1. The molecule has 0 aliphatic rings. The van der Waals surface area contributed by atoms with E-state index in [-0.39, 0.29) is 0 Å². The highest BCUT2D eigenvalue weighted by Gasteiger charge is 2.20. The van der Waals surface area contributed by atoms with E-state index in [2.05, 4.69) is 10.5 Å². The van der Waals surface area contributed by atoms with E-state index in [4.69, 9.17) is 19.1 Å². The maximum atomic E-state index is 12.6. The summed E-state index contributed by atoms with van der Waals surface area (Å²) in [6, 6.07) is 24.2. The average molecular weight is 487 g/mol. The van der Waals surface area contributed by atoms with Gasteiger partial charge in [-0.3, -0.25) is 5.32 Å². The molecule has 0 fully saturated rings. The summed E-state index contributed by atoms with van der Waals surface area (Å²) in [6.45, 7) is 5.03. The van der Waals surface area contributed by atoms with Gasteiger partial charge in [0.05, 0.1) is 0 Å². The third kappa shape index (κ3) is 5.72. The predicted octanol–water partition coefficient (Wildman–Crippen LogP) is 6.48. The minimum absolute atomic E-state index is 0.418. The Labute approximate surface area is 208 Å². The Balaban J connectivity index is 1.46. The second kappa shape index (κ2) is 10.8. The summed E-state index contributed by atoms with van der Waals surface area (Å²) in [5.74, 6) is -0.119. The number of nitrogens with zero attached hydrogens (tertiary/aromatic N) is 1. The quantitative estimate of drug-likeness (QED) is 0.293. The fourth-order valence-corrected chi connectivity index (χ4v) is 3.59. The Morgan fingerprint density at radius 3 is 2.08 bits per heavy atom. The topological polar surface area (TPSA) is 111 Å². The molecule has 0 aliphatic carbocycles. The summed E-state index contributed by atoms with van der Waals surface area (Å²) in [5, 5.41) is 15.8. The van der Waals surface area contributed by atoms with Gasteiger partial charge < -0.3 is 19.1 Å². The van der Waals surface area contributed by atoms with Gasteiger partial charge in [0.2, 0.25) is 0 Å². The number of aliphatic carboxylic acids is 1. The minimum Gasteiger partial charge on any atom is -0.479 e. The first-order valence-electron chi connectivity index (χ1n) is 11.4. The molecule has 0 saturated carbocycles. The van der Waals surface area contributed by atoms with E-state index in [9.17, 15) is 9.59 Å². The predicted molar refractivity (Wildman–Crippen MR) is 135 cm³/mol. The van der Waals surface area contributed by atoms with E-state index < -0.39 is 24.3 Å². The van der Waals surface area contributed by atoms with Crippen molar-refractivity contribution in [2.45, 2.75) is 33.0 Å². The SMILES string of the molecule is Cc1noc(-c2ccc(-c3ccc(OC(C)C(=O)O)cc3)cc2)c1NC(=O)O[C@H](C)c1ccccc1. The minimum atomic E-state index is -1.02. The van der Waals surface area contributed by atoms with E-state index >= 15 is 0 Å². The van der Waals surface area contributed by atoms with E-state index in [1.807, 2.05) is 66.7 Å². The van der Waals surface area contributed by atoms with Crippen LogP contribution in [0.4, 0.5) is 10.5 Å². The third-order valence-corrected chi connectivity index (χ3v) is 5.64. The zero-order chi connectivity index (χ0) is 25.7. The first kappa shape index (κ1) is 24.5. The van der Waals surface area contributed by atoms with E-state index in [0.717, 1.165) is 22.3 Å². The van der Waals surface area contributed by atoms with Crippen molar-refractivity contribution in [1.82, 2.24) is 5.16 Å². The number of carboxylic acids is 1. The second-order valence-electron chi connectivity index (χ2n) is 8.26. The van der Waals surface area contributed by atoms with Gasteiger partial charge in [-0.25, -0.2) is 9.59 Å². The molecule has 0 spiro atoms. The number of carboxylic acid groups (broad SMARTS) is 1. The molecule has 36 heavy (non-hydrogen) atoms. The highest BCUT2D eigenvalue weighted by atomic mass is 16.6. The molecule has 2 N–H and O–H groups in total. The largest absolute Gasteiger partial charge is 0.479 e. The molecule has 0 radical (unpaired) electrons. The van der Waals surface area contributed by atoms with Gasteiger partial charge >= 0.3 is 12.1 Å². The number of aryl methyl sites for hydroxylation is 1. The Hall–Kier alpha value is -4.59. The number of anilines is 1. The van der Waals surface area contributed by atoms with Crippen molar-refractivity contribution in [1.29, 1.82) is 0 Å². The van der Waals surface area contributed by atoms with Crippen LogP contribution in [-0.4, -0.2) is 28.4 Å². The van der Waals surface area contributed by atoms with Crippen LogP contribution in [0.15, 0.2) is 83.4 Å². The average Bonchev–Trinajstić information content (AvgIpc) is 3.24. The van der Waals surface area contributed by atoms with Crippen LogP contribution in [0.1, 0.15) is 31.2 Å². The molecule has 0 bridgehead atoms. The van der Waals surface area contributed by atoms with E-state index in [1.54, 1.807) is 26.0 Å². The normalized spacial score (nSPS) is 12.4. The van der Waals surface area contributed by atoms with Gasteiger partial charge in [0.15, 0.2) is 11.9 Å². The van der Waals surface area contributed by atoms with Crippen molar-refractivity contribution >= 4 is 17.7 Å². The molecule has 8 heteroatoms. The van der Waals surface area contributed by atoms with Crippen molar-refractivity contribution in [2.75, 3.05) is 5.32 Å². The van der Waals surface area contributed by atoms with E-state index in [1.165, 1.54) is 6.92 Å². The summed E-state index contributed by atoms with van der Waals surface area (Å²) < 4.78 is 16.4. The Morgan fingerprint density at radius 2 is 1.47 bits per heavy atom. The Bertz CT molecular complexity index is 1330. The molecule has 1 aromatic heterocycles. The molecular weight excluding hydrogens is 460 g/mol. The summed E-state index contributed by atoms with van der Waals surface area (Å²) in [6.07, 6.45) is -1.95. The van der Waals surface area contributed by atoms with Crippen molar-refractivity contribution in [3.8, 4) is 28.2 Å². The number of amides is 1. The van der Waals surface area contributed by atoms with Crippen LogP contribution in [0.5, 0.6) is 5.75 Å². The first-order valence-corrected chi connectivity index (χ1v) is 11.4. The van der Waals surface area contributed by atoms with Crippen LogP contribution >= 0.6 is 0 Å². The lowest BCUT2D eigenvalue weighted by atomic mass is 10.0. The van der Waals surface area contributed by atoms with Gasteiger partial charge in [0, 0.05) is 5.56 Å². The van der Waals surface area contributed by atoms with Crippen LogP contribution in [0.2, 0.25) is 0 Å². The van der Waals surface area contributed by atoms with Gasteiger partial charge in [-0.2, -0.15) is 0 Å². The number of hydrogen-bond acceptors (Lipinski definition) is 6. The number of ether oxygens (including phenoxy) is 2. The molecule has 4 aromatic rings. The highest BCUT2D eigenvalue weighted by Crippen LogP contribution is 2.33. The number of hydrogen-bond donors (Lipinski definition) is 2. The Kier molecular flexibility index (Phi) is 7.34. The van der Waals surface area contributed by atoms with Crippen LogP contribution in [-0.2, 0) is 9.53 Å². The molecule has 1 heterocycles. The lowest BCUT2D eigenvalue weighted by Gasteiger charge is -2.14. The fourth-order valence-electron chi connectivity index (χ4n) is 3.59. The first-order chi connectivity index (χ1) is 17.3. The monoisotopic (exact) mass is 486 g/mol. The summed E-state index contributed by atoms with van der Waals surface area (Å²) in [5.41, 5.74) is 4.48. The van der Waals surface area contributed by atoms with Crippen molar-refractivity contribution in [3.05, 3.63) is 90.1 Å². The summed E-state index contributed by atoms with van der Waals surface area (Å²) in [7, 11) is 0. The molecule has 8 nitrogen and oxygen atoms in total. The van der Waals surface area contributed by atoms with Gasteiger partial charge in [-0.05, 0) is 49.6 Å². The van der Waals surface area contributed by atoms with Crippen LogP contribution in [0.3, 0.4) is 0 Å². The smallest absolute Gasteiger partial charge is 0.412 e. The van der Waals surface area contributed by atoms with Crippen LogP contribution in [0.25, 0.3) is 22.5 Å². The van der Waals surface area contributed by atoms with Crippen molar-refractivity contribution < 1.29 is 28.7 Å². The lowest BCUT2D eigenvalue weighted by Crippen LogP contribution is -2.22. The number of rotatable bonds is 8. The second-order valence-corrected chi connectivity index (χ2v) is 8.26. The molecule has 1 amide bonds. The highest BCUT2D eigenvalue weighted by molar-refractivity contribution is 5.91. The number of carbonyl (C=O) groups is 2. The fraction of sp³-hybridized carbons (Fsp3) is 0.179. The number of aromatic nitrogens is 1. The summed E-state index contributed by atoms with van der Waals surface area (Å²) in [4.78, 5) is 23.5. The lowest BCUT2D eigenvalue weighted by molar-refractivity contribution is -0.144. The van der Waals surface area contributed by atoms with Crippen molar-refractivity contribution in [3.63, 3.8) is 0 Å². The number of carbonyl (C=O) groups excluding carboxylic acids is 1. The van der Waals surface area contributed by atoms with Crippen LogP contribution < -0.4 is 10.1 Å². The molecule has 0 saturated heterocycles. The van der Waals surface area contributed by atoms with Gasteiger partial charge in [-0.1, -0.05) is 71.9 Å². The molecule has 4 rings (SSSR count). The third-order valence-electron chi connectivity index (χ3n) is 5.64. The molecular formula is C28H26N2O6. The zero-order valence-electron chi connectivity index (χ0n) is 20.1. The maximum Gasteiger partial charge on any atom is 0.412 e. The molecule has 2 atom stereocenters. The van der Waals surface area contributed by atoms with Gasteiger partial charge in [-0.15, -0.1) is 0 Å². The molecule has 0 aliphatic heterocycles. The van der Waals surface area contributed by atoms with Crippen LogP contribution in [0, 0.1) is 6.92 Å². The van der Waals surface area contributed by atoms with Crippen molar-refractivity contribution in [2.24, 2.45) is 0 Å². The van der Waals surface area contributed by atoms with Gasteiger partial charge in [0.25, 0.3) is 0 Å². The van der Waals surface area contributed by atoms with E-state index in [0.29, 0.717) is 22.9 Å². The zero-order valence-corrected chi connectivity index (χ0v) is 20.1. The molecule has 3 aromatic carbocycles. The molecule has 184 valence electrons. The summed E-state index contributed by atoms with van der Waals surface area (Å²) >= 11 is 0. The number of nitrogens with one attached hydrogen (secondary N) is 1. The number of benzene rings is 3. The Morgan fingerprint density at radius 1 is 0.889 bits per heavy atom.